The molecule has 4 heterocycles. The number of oxazole rings is 2. The van der Waals surface area contributed by atoms with Crippen molar-refractivity contribution in [2.45, 2.75) is 44.7 Å². The van der Waals surface area contributed by atoms with E-state index in [0.29, 0.717) is 11.4 Å². The zero-order valence-corrected chi connectivity index (χ0v) is 19.1. The van der Waals surface area contributed by atoms with Gasteiger partial charge in [-0.2, -0.15) is 0 Å². The van der Waals surface area contributed by atoms with Gasteiger partial charge in [0.25, 0.3) is 12.3 Å². The molecule has 5 rings (SSSR count). The predicted molar refractivity (Wildman–Crippen MR) is 113 cm³/mol. The van der Waals surface area contributed by atoms with Gasteiger partial charge in [0.1, 0.15) is 16.9 Å². The van der Waals surface area contributed by atoms with Gasteiger partial charge in [-0.15, -0.1) is 13.2 Å². The Morgan fingerprint density at radius 2 is 2.00 bits per heavy atom. The van der Waals surface area contributed by atoms with Crippen LogP contribution in [0, 0.1) is 0 Å². The van der Waals surface area contributed by atoms with Crippen LogP contribution in [0.25, 0.3) is 11.1 Å². The highest BCUT2D eigenvalue weighted by Gasteiger charge is 2.42. The molecular formula is C22H18F5N5O5. The third-order valence-corrected chi connectivity index (χ3v) is 5.61. The first kappa shape index (κ1) is 24.7. The van der Waals surface area contributed by atoms with Crippen LogP contribution in [0.5, 0.6) is 5.75 Å². The van der Waals surface area contributed by atoms with Gasteiger partial charge in [0.2, 0.25) is 17.5 Å². The number of benzene rings is 1. The molecule has 1 atom stereocenters. The Kier molecular flexibility index (Phi) is 5.69. The molecule has 0 radical (unpaired) electrons. The van der Waals surface area contributed by atoms with E-state index in [2.05, 4.69) is 24.7 Å². The van der Waals surface area contributed by atoms with Crippen LogP contribution in [-0.2, 0) is 12.0 Å². The standard InChI is InChI=1S/C22H18F5N5O5/c1-21(2,34)20-31-14(17(23)24)16(36-20)19(33)32-6-5-10-13(29-8-28-10)15(32)18-30-11-7-9(37-22(25,26)27)3-4-12(11)35-18/h3-4,7-8,15,17,34H,5-6H2,1-2H3,(H,28,29)/t15-/m0/s1. The highest BCUT2D eigenvalue weighted by atomic mass is 19.4. The summed E-state index contributed by atoms with van der Waals surface area (Å²) < 4.78 is 80.3. The number of ether oxygens (including phenoxy) is 1. The number of aromatic amines is 1. The SMILES string of the molecule is CC(C)(O)c1nc(C(F)F)c(C(=O)N2CCc3[nH]cnc3[C@H]2c2nc3cc(OC(F)(F)F)ccc3o2)o1. The number of rotatable bonds is 5. The van der Waals surface area contributed by atoms with Crippen molar-refractivity contribution < 1.29 is 45.4 Å². The lowest BCUT2D eigenvalue weighted by molar-refractivity contribution is -0.274. The number of carbonyl (C=O) groups is 1. The van der Waals surface area contributed by atoms with Crippen molar-refractivity contribution >= 4 is 17.0 Å². The van der Waals surface area contributed by atoms with E-state index in [9.17, 15) is 31.9 Å². The lowest BCUT2D eigenvalue weighted by Crippen LogP contribution is -2.41. The second-order valence-corrected chi connectivity index (χ2v) is 8.74. The van der Waals surface area contributed by atoms with Crippen molar-refractivity contribution in [2.24, 2.45) is 0 Å². The fourth-order valence-electron chi connectivity index (χ4n) is 4.01. The third kappa shape index (κ3) is 4.61. The van der Waals surface area contributed by atoms with Crippen LogP contribution in [0.3, 0.4) is 0 Å². The molecule has 1 aromatic carbocycles. The summed E-state index contributed by atoms with van der Waals surface area (Å²) in [5.74, 6) is -2.88. The Morgan fingerprint density at radius 3 is 2.68 bits per heavy atom. The van der Waals surface area contributed by atoms with E-state index >= 15 is 0 Å². The van der Waals surface area contributed by atoms with Gasteiger partial charge < -0.3 is 28.6 Å². The van der Waals surface area contributed by atoms with Gasteiger partial charge in [0.15, 0.2) is 17.3 Å². The van der Waals surface area contributed by atoms with E-state index in [4.69, 9.17) is 8.83 Å². The average Bonchev–Trinajstić information content (AvgIpc) is 3.53. The molecule has 196 valence electrons. The molecule has 2 N–H and O–H groups in total. The fourth-order valence-corrected chi connectivity index (χ4v) is 4.01. The number of nitrogens with one attached hydrogen (secondary N) is 1. The number of aliphatic hydroxyl groups is 1. The van der Waals surface area contributed by atoms with Gasteiger partial charge in [-0.05, 0) is 26.0 Å². The van der Waals surface area contributed by atoms with E-state index < -0.39 is 53.4 Å². The lowest BCUT2D eigenvalue weighted by Gasteiger charge is -2.32. The number of carbonyl (C=O) groups excluding carboxylic acids is 1. The summed E-state index contributed by atoms with van der Waals surface area (Å²) in [6.07, 6.45) is -6.45. The molecule has 15 heteroatoms. The molecule has 1 amide bonds. The maximum absolute atomic E-state index is 13.7. The maximum Gasteiger partial charge on any atom is 0.573 e. The summed E-state index contributed by atoms with van der Waals surface area (Å²) in [6, 6.07) is 2.13. The summed E-state index contributed by atoms with van der Waals surface area (Å²) in [5.41, 5.74) is -1.66. The Bertz CT molecular complexity index is 1470. The predicted octanol–water partition coefficient (Wildman–Crippen LogP) is 4.39. The Hall–Kier alpha value is -4.01. The zero-order valence-electron chi connectivity index (χ0n) is 19.1. The van der Waals surface area contributed by atoms with Crippen LogP contribution in [0.15, 0.2) is 33.4 Å². The number of imidazole rings is 1. The molecule has 0 aliphatic carbocycles. The van der Waals surface area contributed by atoms with Gasteiger partial charge in [-0.25, -0.2) is 23.7 Å². The molecule has 3 aromatic heterocycles. The Labute approximate surface area is 204 Å². The van der Waals surface area contributed by atoms with E-state index in [0.717, 1.165) is 17.0 Å². The van der Waals surface area contributed by atoms with Crippen LogP contribution >= 0.6 is 0 Å². The highest BCUT2D eigenvalue weighted by Crippen LogP contribution is 2.38. The Morgan fingerprint density at radius 1 is 1.24 bits per heavy atom. The normalized spacial score (nSPS) is 16.5. The average molecular weight is 527 g/mol. The number of alkyl halides is 5. The largest absolute Gasteiger partial charge is 0.573 e. The molecule has 0 saturated heterocycles. The molecule has 1 aliphatic rings. The summed E-state index contributed by atoms with van der Waals surface area (Å²) in [6.45, 7) is 2.52. The molecular weight excluding hydrogens is 509 g/mol. The molecule has 4 aromatic rings. The topological polar surface area (TPSA) is 131 Å². The molecule has 0 saturated carbocycles. The fraction of sp³-hybridized carbons (Fsp3) is 0.364. The molecule has 37 heavy (non-hydrogen) atoms. The van der Waals surface area contributed by atoms with Crippen molar-refractivity contribution in [3.8, 4) is 5.75 Å². The molecule has 10 nitrogen and oxygen atoms in total. The first-order valence-corrected chi connectivity index (χ1v) is 10.8. The van der Waals surface area contributed by atoms with E-state index in [-0.39, 0.29) is 30.0 Å². The monoisotopic (exact) mass is 527 g/mol. The van der Waals surface area contributed by atoms with Gasteiger partial charge >= 0.3 is 6.36 Å². The summed E-state index contributed by atoms with van der Waals surface area (Å²) >= 11 is 0. The van der Waals surface area contributed by atoms with Gasteiger partial charge in [-0.1, -0.05) is 0 Å². The lowest BCUT2D eigenvalue weighted by atomic mass is 10.0. The minimum Gasteiger partial charge on any atom is -0.438 e. The maximum atomic E-state index is 13.7. The number of halogens is 5. The minimum atomic E-state index is -4.92. The molecule has 0 bridgehead atoms. The van der Waals surface area contributed by atoms with Crippen molar-refractivity contribution in [3.05, 3.63) is 59.1 Å². The van der Waals surface area contributed by atoms with Crippen molar-refractivity contribution in [1.82, 2.24) is 24.8 Å². The van der Waals surface area contributed by atoms with Crippen molar-refractivity contribution in [1.29, 1.82) is 0 Å². The molecule has 0 spiro atoms. The van der Waals surface area contributed by atoms with Crippen LogP contribution in [0.2, 0.25) is 0 Å². The highest BCUT2D eigenvalue weighted by molar-refractivity contribution is 5.93. The molecule has 1 aliphatic heterocycles. The summed E-state index contributed by atoms with van der Waals surface area (Å²) in [7, 11) is 0. The molecule has 0 fully saturated rings. The number of amides is 1. The number of H-pyrrole nitrogens is 1. The number of nitrogens with zero attached hydrogens (tertiary/aromatic N) is 4. The van der Waals surface area contributed by atoms with E-state index in [1.54, 1.807) is 0 Å². The van der Waals surface area contributed by atoms with E-state index in [1.807, 2.05) is 0 Å². The second kappa shape index (κ2) is 8.54. The van der Waals surface area contributed by atoms with Gasteiger partial charge in [0, 0.05) is 24.7 Å². The van der Waals surface area contributed by atoms with Gasteiger partial charge in [-0.3, -0.25) is 4.79 Å². The minimum absolute atomic E-state index is 0.00107. The van der Waals surface area contributed by atoms with Crippen molar-refractivity contribution in [3.63, 3.8) is 0 Å². The number of hydrogen-bond acceptors (Lipinski definition) is 8. The third-order valence-electron chi connectivity index (χ3n) is 5.61. The summed E-state index contributed by atoms with van der Waals surface area (Å²) in [5, 5.41) is 10.2. The number of aromatic nitrogens is 4. The van der Waals surface area contributed by atoms with Crippen molar-refractivity contribution in [2.75, 3.05) is 6.54 Å². The quantitative estimate of drug-likeness (QED) is 0.366. The van der Waals surface area contributed by atoms with Crippen LogP contribution in [0.1, 0.15) is 65.7 Å². The van der Waals surface area contributed by atoms with E-state index in [1.165, 1.54) is 26.2 Å². The van der Waals surface area contributed by atoms with Crippen LogP contribution in [-0.4, -0.2) is 48.8 Å². The first-order chi connectivity index (χ1) is 17.3. The Balaban J connectivity index is 1.58. The smallest absolute Gasteiger partial charge is 0.438 e. The second-order valence-electron chi connectivity index (χ2n) is 8.74. The first-order valence-electron chi connectivity index (χ1n) is 10.8. The summed E-state index contributed by atoms with van der Waals surface area (Å²) in [4.78, 5) is 29.7. The number of hydrogen-bond donors (Lipinski definition) is 2. The van der Waals surface area contributed by atoms with Gasteiger partial charge in [0.05, 0.1) is 12.0 Å². The zero-order chi connectivity index (χ0) is 26.7. The molecule has 0 unspecified atom stereocenters. The number of fused-ring (bicyclic) bond motifs is 2. The van der Waals surface area contributed by atoms with Crippen LogP contribution < -0.4 is 4.74 Å². The van der Waals surface area contributed by atoms with Crippen LogP contribution in [0.4, 0.5) is 22.0 Å².